The Bertz CT molecular complexity index is 2280. The zero-order chi connectivity index (χ0) is 37.3. The number of piperazine rings is 1. The van der Waals surface area contributed by atoms with Crippen LogP contribution in [-0.2, 0) is 20.9 Å². The highest BCUT2D eigenvalue weighted by Crippen LogP contribution is 2.33. The molecule has 2 saturated heterocycles. The zero-order valence-corrected chi connectivity index (χ0v) is 29.3. The lowest BCUT2D eigenvalue weighted by Gasteiger charge is -2.36. The Kier molecular flexibility index (Phi) is 9.19. The summed E-state index contributed by atoms with van der Waals surface area (Å²) in [7, 11) is 0. The van der Waals surface area contributed by atoms with E-state index in [1.807, 2.05) is 64.2 Å². The Hall–Kier alpha value is -6.64. The maximum absolute atomic E-state index is 13.3. The molecule has 3 N–H and O–H groups in total. The Morgan fingerprint density at radius 3 is 2.35 bits per heavy atom. The molecule has 3 aromatic carbocycles. The van der Waals surface area contributed by atoms with Gasteiger partial charge in [0.25, 0.3) is 11.8 Å². The highest BCUT2D eigenvalue weighted by molar-refractivity contribution is 6.23. The highest BCUT2D eigenvalue weighted by atomic mass is 16.5. The van der Waals surface area contributed by atoms with Gasteiger partial charge in [0.1, 0.15) is 35.4 Å². The highest BCUT2D eigenvalue weighted by Gasteiger charge is 2.44. The Morgan fingerprint density at radius 1 is 0.852 bits per heavy atom. The Morgan fingerprint density at radius 2 is 1.59 bits per heavy atom. The van der Waals surface area contributed by atoms with Crippen LogP contribution in [0.2, 0.25) is 0 Å². The third-order valence-corrected chi connectivity index (χ3v) is 10.1. The summed E-state index contributed by atoms with van der Waals surface area (Å²) in [4.78, 5) is 77.1. The van der Waals surface area contributed by atoms with Crippen LogP contribution in [0.5, 0.6) is 11.5 Å². The number of nitrogens with one attached hydrogen (secondary N) is 1. The molecule has 0 bridgehead atoms. The van der Waals surface area contributed by atoms with Crippen LogP contribution in [0.1, 0.15) is 52.8 Å². The van der Waals surface area contributed by atoms with E-state index in [9.17, 15) is 24.0 Å². The fraction of sp³-hybridized carbons (Fsp3) is 0.282. The summed E-state index contributed by atoms with van der Waals surface area (Å²) in [5.74, 6) is -0.285. The van der Waals surface area contributed by atoms with Crippen LogP contribution in [0.4, 0.5) is 11.5 Å². The molecule has 2 aromatic heterocycles. The van der Waals surface area contributed by atoms with E-state index >= 15 is 0 Å². The number of hydrogen-bond acceptors (Lipinski definition) is 11. The first-order chi connectivity index (χ1) is 26.2. The third kappa shape index (κ3) is 6.59. The molecular formula is C39H37N9O6. The van der Waals surface area contributed by atoms with Gasteiger partial charge in [-0.1, -0.05) is 18.2 Å². The number of aryl methyl sites for hydroxylation is 1. The number of aromatic nitrogens is 4. The van der Waals surface area contributed by atoms with Gasteiger partial charge in [-0.05, 0) is 73.9 Å². The minimum atomic E-state index is -1.01. The van der Waals surface area contributed by atoms with Gasteiger partial charge < -0.3 is 20.3 Å². The van der Waals surface area contributed by atoms with Crippen molar-refractivity contribution in [2.75, 3.05) is 36.8 Å². The lowest BCUT2D eigenvalue weighted by molar-refractivity contribution is -0.136. The number of piperidine rings is 1. The van der Waals surface area contributed by atoms with E-state index < -0.39 is 29.7 Å². The molecule has 54 heavy (non-hydrogen) atoms. The van der Waals surface area contributed by atoms with Crippen molar-refractivity contribution in [3.63, 3.8) is 0 Å². The van der Waals surface area contributed by atoms with Gasteiger partial charge in [-0.25, -0.2) is 14.6 Å². The second-order valence-corrected chi connectivity index (χ2v) is 13.5. The second kappa shape index (κ2) is 14.4. The number of unbranched alkanes of at least 4 members (excludes halogenated alkanes) is 1. The third-order valence-electron chi connectivity index (χ3n) is 10.1. The maximum atomic E-state index is 13.3. The molecule has 8 rings (SSSR count). The summed E-state index contributed by atoms with van der Waals surface area (Å²) in [5, 5.41) is 7.75. The largest absolute Gasteiger partial charge is 0.457 e. The van der Waals surface area contributed by atoms with E-state index in [4.69, 9.17) is 15.6 Å². The molecule has 5 heterocycles. The Balaban J connectivity index is 0.848. The van der Waals surface area contributed by atoms with E-state index in [-0.39, 0.29) is 29.9 Å². The predicted octanol–water partition coefficient (Wildman–Crippen LogP) is 3.79. The number of fused-ring (bicyclic) bond motifs is 2. The number of ether oxygens (including phenoxy) is 1. The van der Waals surface area contributed by atoms with Crippen LogP contribution in [0.15, 0.2) is 79.1 Å². The number of nitrogens with two attached hydrogens (primary N) is 1. The molecule has 5 aromatic rings. The molecule has 0 aliphatic carbocycles. The summed E-state index contributed by atoms with van der Waals surface area (Å²) < 4.78 is 7.76. The van der Waals surface area contributed by atoms with Gasteiger partial charge in [0, 0.05) is 56.8 Å². The summed E-state index contributed by atoms with van der Waals surface area (Å²) in [6, 6.07) is 21.2. The van der Waals surface area contributed by atoms with Crippen molar-refractivity contribution in [2.45, 2.75) is 44.7 Å². The number of imide groups is 2. The van der Waals surface area contributed by atoms with Crippen LogP contribution < -0.4 is 20.7 Å². The van der Waals surface area contributed by atoms with Crippen molar-refractivity contribution >= 4 is 52.1 Å². The number of benzene rings is 3. The number of anilines is 2. The van der Waals surface area contributed by atoms with Crippen LogP contribution in [-0.4, -0.2) is 91.3 Å². The number of carbonyl (C=O) groups is 5. The van der Waals surface area contributed by atoms with E-state index in [0.29, 0.717) is 80.3 Å². The van der Waals surface area contributed by atoms with E-state index in [2.05, 4.69) is 20.2 Å². The smallest absolute Gasteiger partial charge is 0.262 e. The number of nitrogen functional groups attached to an aromatic ring is 1. The minimum absolute atomic E-state index is 0.0635. The van der Waals surface area contributed by atoms with Gasteiger partial charge in [0.05, 0.1) is 16.5 Å². The summed E-state index contributed by atoms with van der Waals surface area (Å²) >= 11 is 0. The van der Waals surface area contributed by atoms with Crippen LogP contribution in [0.25, 0.3) is 22.3 Å². The topological polar surface area (TPSA) is 186 Å². The molecule has 0 spiro atoms. The Labute approximate surface area is 309 Å². The summed E-state index contributed by atoms with van der Waals surface area (Å²) in [6.07, 6.45) is 3.34. The molecule has 3 aliphatic rings. The summed E-state index contributed by atoms with van der Waals surface area (Å²) in [6.45, 7) is 2.70. The van der Waals surface area contributed by atoms with E-state index in [1.165, 1.54) is 6.33 Å². The maximum Gasteiger partial charge on any atom is 0.262 e. The normalized spacial score (nSPS) is 17.3. The van der Waals surface area contributed by atoms with Crippen molar-refractivity contribution in [3.05, 3.63) is 90.3 Å². The minimum Gasteiger partial charge on any atom is -0.457 e. The molecule has 15 nitrogen and oxygen atoms in total. The quantitative estimate of drug-likeness (QED) is 0.158. The van der Waals surface area contributed by atoms with E-state index in [1.54, 1.807) is 18.2 Å². The lowest BCUT2D eigenvalue weighted by Crippen LogP contribution is -2.54. The number of carbonyl (C=O) groups excluding carboxylic acids is 5. The molecule has 2 fully saturated rings. The fourth-order valence-electron chi connectivity index (χ4n) is 7.26. The van der Waals surface area contributed by atoms with E-state index in [0.717, 1.165) is 21.9 Å². The van der Waals surface area contributed by atoms with Crippen molar-refractivity contribution < 1.29 is 28.7 Å². The standard InChI is InChI=1S/C39H37N9O6/c40-35-33-34(24-9-12-27(13-10-24)54-26-6-2-1-3-7-26)44-47(36(33)42-23-41-35)17-5-4-8-32(50)46-20-18-45(19-21-46)25-11-14-28-29(22-25)39(53)48(38(28)52)30-15-16-31(49)43-37(30)51/h1-3,6-7,9-14,22-23,30H,4-5,8,15-21H2,(H2,40,41,42)(H,43,49,51). The second-order valence-electron chi connectivity index (χ2n) is 13.5. The van der Waals surface area contributed by atoms with Crippen LogP contribution in [0, 0.1) is 0 Å². The molecular weight excluding hydrogens is 690 g/mol. The predicted molar refractivity (Wildman–Crippen MR) is 197 cm³/mol. The number of rotatable bonds is 10. The van der Waals surface area contributed by atoms with Gasteiger partial charge in [0.2, 0.25) is 17.7 Å². The first-order valence-corrected chi connectivity index (χ1v) is 17.9. The van der Waals surface area contributed by atoms with Gasteiger partial charge in [0.15, 0.2) is 5.65 Å². The number of nitrogens with zero attached hydrogens (tertiary/aromatic N) is 7. The number of hydrogen-bond donors (Lipinski definition) is 2. The number of para-hydroxylation sites is 1. The lowest BCUT2D eigenvalue weighted by atomic mass is 10.0. The van der Waals surface area contributed by atoms with Gasteiger partial charge in [-0.3, -0.25) is 34.2 Å². The average molecular weight is 728 g/mol. The SMILES string of the molecule is Nc1ncnc2c1c(-c1ccc(Oc3ccccc3)cc1)nn2CCCCC(=O)N1CCN(c2ccc3c(c2)C(=O)N(C2CCC(=O)NC2=O)C3=O)CC1. The molecule has 274 valence electrons. The molecule has 15 heteroatoms. The van der Waals surface area contributed by atoms with Gasteiger partial charge in [-0.15, -0.1) is 0 Å². The average Bonchev–Trinajstić information content (AvgIpc) is 3.68. The van der Waals surface area contributed by atoms with Crippen molar-refractivity contribution in [2.24, 2.45) is 0 Å². The van der Waals surface area contributed by atoms with Gasteiger partial charge in [-0.2, -0.15) is 5.10 Å². The number of amides is 5. The first-order valence-electron chi connectivity index (χ1n) is 17.9. The van der Waals surface area contributed by atoms with Crippen molar-refractivity contribution in [1.82, 2.24) is 34.9 Å². The van der Waals surface area contributed by atoms with Crippen molar-refractivity contribution in [1.29, 1.82) is 0 Å². The molecule has 0 saturated carbocycles. The summed E-state index contributed by atoms with van der Waals surface area (Å²) in [5.41, 5.74) is 9.70. The van der Waals surface area contributed by atoms with Crippen LogP contribution >= 0.6 is 0 Å². The van der Waals surface area contributed by atoms with Crippen molar-refractivity contribution in [3.8, 4) is 22.8 Å². The zero-order valence-electron chi connectivity index (χ0n) is 29.3. The molecule has 1 atom stereocenters. The molecule has 5 amide bonds. The first kappa shape index (κ1) is 34.4. The van der Waals surface area contributed by atoms with Crippen LogP contribution in [0.3, 0.4) is 0 Å². The molecule has 0 radical (unpaired) electrons. The molecule has 1 unspecified atom stereocenters. The molecule has 3 aliphatic heterocycles. The monoisotopic (exact) mass is 727 g/mol. The van der Waals surface area contributed by atoms with Gasteiger partial charge >= 0.3 is 0 Å². The fourth-order valence-corrected chi connectivity index (χ4v) is 7.26.